The third-order valence-electron chi connectivity index (χ3n) is 11.7. The number of hydrogen-bond acceptors (Lipinski definition) is 2. The number of fused-ring (bicyclic) bond motifs is 6. The number of aliphatic hydroxyl groups is 2. The van der Waals surface area contributed by atoms with E-state index >= 15 is 0 Å². The van der Waals surface area contributed by atoms with Gasteiger partial charge in [0.05, 0.1) is 12.2 Å². The van der Waals surface area contributed by atoms with Crippen LogP contribution in [0.3, 0.4) is 0 Å². The maximum Gasteiger partial charge on any atom is 0.0634 e. The average molecular weight is 429 g/mol. The predicted molar refractivity (Wildman–Crippen MR) is 127 cm³/mol. The first-order valence-corrected chi connectivity index (χ1v) is 13.7. The molecule has 0 saturated heterocycles. The Bertz CT molecular complexity index is 720. The van der Waals surface area contributed by atoms with Gasteiger partial charge < -0.3 is 10.2 Å². The van der Waals surface area contributed by atoms with E-state index in [-0.39, 0.29) is 28.5 Å². The molecule has 4 saturated carbocycles. The van der Waals surface area contributed by atoms with Crippen LogP contribution in [0.15, 0.2) is 11.6 Å². The van der Waals surface area contributed by atoms with E-state index in [1.165, 1.54) is 51.4 Å². The van der Waals surface area contributed by atoms with Crippen molar-refractivity contribution in [1.29, 1.82) is 0 Å². The van der Waals surface area contributed by atoms with Gasteiger partial charge in [-0.2, -0.15) is 0 Å². The summed E-state index contributed by atoms with van der Waals surface area (Å²) in [4.78, 5) is 0. The quantitative estimate of drug-likeness (QED) is 0.475. The minimum absolute atomic E-state index is 0.103. The topological polar surface area (TPSA) is 40.5 Å². The molecule has 5 aliphatic carbocycles. The first-order valence-electron chi connectivity index (χ1n) is 13.7. The van der Waals surface area contributed by atoms with Crippen molar-refractivity contribution in [3.63, 3.8) is 0 Å². The summed E-state index contributed by atoms with van der Waals surface area (Å²) in [6.45, 7) is 12.1. The second kappa shape index (κ2) is 7.59. The highest BCUT2D eigenvalue weighted by Gasteiger charge is 2.67. The van der Waals surface area contributed by atoms with Crippen molar-refractivity contribution in [2.45, 2.75) is 117 Å². The Kier molecular flexibility index (Phi) is 5.50. The summed E-state index contributed by atoms with van der Waals surface area (Å²) in [6.07, 6.45) is 15.6. The van der Waals surface area contributed by atoms with Gasteiger partial charge in [-0.1, -0.05) is 65.5 Å². The van der Waals surface area contributed by atoms with Gasteiger partial charge >= 0.3 is 0 Å². The van der Waals surface area contributed by atoms with Crippen molar-refractivity contribution in [2.75, 3.05) is 0 Å². The minimum atomic E-state index is -0.156. The van der Waals surface area contributed by atoms with E-state index in [1.54, 1.807) is 5.57 Å². The van der Waals surface area contributed by atoms with Gasteiger partial charge in [-0.25, -0.2) is 0 Å². The van der Waals surface area contributed by atoms with E-state index in [9.17, 15) is 10.2 Å². The smallest absolute Gasteiger partial charge is 0.0634 e. The second-order valence-electron chi connectivity index (χ2n) is 13.5. The first kappa shape index (κ1) is 22.5. The van der Waals surface area contributed by atoms with Crippen molar-refractivity contribution in [2.24, 2.45) is 51.8 Å². The molecule has 0 aromatic rings. The summed E-state index contributed by atoms with van der Waals surface area (Å²) in [7, 11) is 0. The number of rotatable bonds is 5. The van der Waals surface area contributed by atoms with E-state index in [0.29, 0.717) is 17.8 Å². The minimum Gasteiger partial charge on any atom is -0.393 e. The standard InChI is InChI=1S/C29H48O2/c1-18(2)7-6-8-19(3)21-10-11-22-20-9-12-24-27(4,14-13-25(30)29(24)15-16-29)23(20)17-26(31)28(21,22)5/h12,18-23,25-26,30-31H,6-11,13-17H2,1-5H3/t19-,20+,21-,22+,23+,25-,26-,27-,28-/m1/s1. The van der Waals surface area contributed by atoms with Crippen LogP contribution in [-0.4, -0.2) is 22.4 Å². The van der Waals surface area contributed by atoms with Crippen molar-refractivity contribution < 1.29 is 10.2 Å². The summed E-state index contributed by atoms with van der Waals surface area (Å²) in [5.74, 6) is 4.23. The lowest BCUT2D eigenvalue weighted by Crippen LogP contribution is -2.57. The highest BCUT2D eigenvalue weighted by atomic mass is 16.3. The summed E-state index contributed by atoms with van der Waals surface area (Å²) in [5, 5.41) is 22.5. The Morgan fingerprint density at radius 3 is 2.35 bits per heavy atom. The molecule has 0 heterocycles. The lowest BCUT2D eigenvalue weighted by atomic mass is 9.44. The molecule has 4 fully saturated rings. The average Bonchev–Trinajstić information content (AvgIpc) is 3.42. The molecule has 1 spiro atoms. The van der Waals surface area contributed by atoms with Crippen LogP contribution in [0.5, 0.6) is 0 Å². The highest BCUT2D eigenvalue weighted by Crippen LogP contribution is 2.72. The van der Waals surface area contributed by atoms with Crippen molar-refractivity contribution >= 4 is 0 Å². The van der Waals surface area contributed by atoms with Gasteiger partial charge in [0, 0.05) is 5.41 Å². The molecule has 2 nitrogen and oxygen atoms in total. The summed E-state index contributed by atoms with van der Waals surface area (Å²) in [6, 6.07) is 0. The van der Waals surface area contributed by atoms with Crippen molar-refractivity contribution in [1.82, 2.24) is 0 Å². The molecule has 5 rings (SSSR count). The fraction of sp³-hybridized carbons (Fsp3) is 0.931. The molecule has 0 unspecified atom stereocenters. The lowest BCUT2D eigenvalue weighted by Gasteiger charge is -2.61. The fourth-order valence-electron chi connectivity index (χ4n) is 9.79. The zero-order chi connectivity index (χ0) is 22.2. The third-order valence-corrected chi connectivity index (χ3v) is 11.7. The fourth-order valence-corrected chi connectivity index (χ4v) is 9.79. The van der Waals surface area contributed by atoms with Crippen LogP contribution in [-0.2, 0) is 0 Å². The van der Waals surface area contributed by atoms with Gasteiger partial charge in [0.2, 0.25) is 0 Å². The van der Waals surface area contributed by atoms with Gasteiger partial charge in [-0.05, 0) is 97.7 Å². The Morgan fingerprint density at radius 2 is 1.68 bits per heavy atom. The van der Waals surface area contributed by atoms with Gasteiger partial charge in [0.1, 0.15) is 0 Å². The predicted octanol–water partition coefficient (Wildman–Crippen LogP) is 6.75. The molecule has 0 amide bonds. The Morgan fingerprint density at radius 1 is 0.935 bits per heavy atom. The SMILES string of the molecule is CC(C)CCC[C@@H](C)[C@H]1CC[C@H]2[C@@H]3CC=C4C5(CC5)[C@H](O)CC[C@]4(C)[C@H]3C[C@@H](O)[C@]12C. The normalized spacial score (nSPS) is 48.7. The molecule has 31 heavy (non-hydrogen) atoms. The largest absolute Gasteiger partial charge is 0.393 e. The van der Waals surface area contributed by atoms with Crippen molar-refractivity contribution in [3.8, 4) is 0 Å². The maximum absolute atomic E-state index is 11.7. The van der Waals surface area contributed by atoms with E-state index < -0.39 is 0 Å². The van der Waals surface area contributed by atoms with Crippen molar-refractivity contribution in [3.05, 3.63) is 11.6 Å². The van der Waals surface area contributed by atoms with E-state index in [1.807, 2.05) is 0 Å². The van der Waals surface area contributed by atoms with Gasteiger partial charge in [0.15, 0.2) is 0 Å². The number of aliphatic hydroxyl groups excluding tert-OH is 2. The van der Waals surface area contributed by atoms with Crippen LogP contribution < -0.4 is 0 Å². The molecule has 0 bridgehead atoms. The van der Waals surface area contributed by atoms with E-state index in [0.717, 1.165) is 37.0 Å². The Balaban J connectivity index is 1.39. The number of hydrogen-bond donors (Lipinski definition) is 2. The van der Waals surface area contributed by atoms with Crippen LogP contribution in [0.2, 0.25) is 0 Å². The van der Waals surface area contributed by atoms with Gasteiger partial charge in [-0.3, -0.25) is 0 Å². The number of allylic oxidation sites excluding steroid dienone is 1. The molecular weight excluding hydrogens is 380 g/mol. The maximum atomic E-state index is 11.7. The highest BCUT2D eigenvalue weighted by molar-refractivity contribution is 5.37. The van der Waals surface area contributed by atoms with Crippen LogP contribution in [0, 0.1) is 51.8 Å². The second-order valence-corrected chi connectivity index (χ2v) is 13.5. The van der Waals surface area contributed by atoms with Crippen LogP contribution in [0.1, 0.15) is 105 Å². The molecule has 0 aliphatic heterocycles. The van der Waals surface area contributed by atoms with Gasteiger partial charge in [-0.15, -0.1) is 0 Å². The molecule has 2 heteroatoms. The van der Waals surface area contributed by atoms with Crippen LogP contribution >= 0.6 is 0 Å². The summed E-state index contributed by atoms with van der Waals surface area (Å²) < 4.78 is 0. The summed E-state index contributed by atoms with van der Waals surface area (Å²) >= 11 is 0. The molecule has 2 N–H and O–H groups in total. The molecule has 0 radical (unpaired) electrons. The zero-order valence-corrected chi connectivity index (χ0v) is 20.9. The van der Waals surface area contributed by atoms with E-state index in [4.69, 9.17) is 0 Å². The molecule has 0 aromatic carbocycles. The zero-order valence-electron chi connectivity index (χ0n) is 20.9. The molecular formula is C29H48O2. The molecule has 5 aliphatic rings. The monoisotopic (exact) mass is 428 g/mol. The van der Waals surface area contributed by atoms with Gasteiger partial charge in [0.25, 0.3) is 0 Å². The summed E-state index contributed by atoms with van der Waals surface area (Å²) in [5.41, 5.74) is 2.03. The molecule has 9 atom stereocenters. The Labute approximate surface area is 191 Å². The van der Waals surface area contributed by atoms with Crippen LogP contribution in [0.4, 0.5) is 0 Å². The lowest BCUT2D eigenvalue weighted by molar-refractivity contribution is -0.140. The van der Waals surface area contributed by atoms with Crippen LogP contribution in [0.25, 0.3) is 0 Å². The Hall–Kier alpha value is -0.340. The first-order chi connectivity index (χ1) is 14.6. The molecule has 0 aromatic heterocycles. The van der Waals surface area contributed by atoms with E-state index in [2.05, 4.69) is 40.7 Å². The third kappa shape index (κ3) is 3.17. The molecule has 176 valence electrons.